The van der Waals surface area contributed by atoms with Gasteiger partial charge in [-0.05, 0) is 36.2 Å². The monoisotopic (exact) mass is 366 g/mol. The van der Waals surface area contributed by atoms with Crippen molar-refractivity contribution in [2.45, 2.75) is 25.8 Å². The number of hydrogen-bond donors (Lipinski definition) is 0. The van der Waals surface area contributed by atoms with Gasteiger partial charge in [0.1, 0.15) is 11.8 Å². The lowest BCUT2D eigenvalue weighted by Crippen LogP contribution is -2.45. The lowest BCUT2D eigenvalue weighted by Gasteiger charge is -2.26. The van der Waals surface area contributed by atoms with Crippen LogP contribution in [-0.4, -0.2) is 42.3 Å². The second kappa shape index (κ2) is 8.03. The number of nitrogens with zero attached hydrogens (tertiary/aromatic N) is 2. The molecule has 140 valence electrons. The van der Waals surface area contributed by atoms with Gasteiger partial charge in [0.15, 0.2) is 0 Å². The lowest BCUT2D eigenvalue weighted by atomic mass is 10.1. The number of ether oxygens (including phenoxy) is 1. The Morgan fingerprint density at radius 1 is 1.11 bits per heavy atom. The Morgan fingerprint density at radius 2 is 1.78 bits per heavy atom. The molecule has 0 radical (unpaired) electrons. The molecule has 6 heteroatoms. The highest BCUT2D eigenvalue weighted by Gasteiger charge is 2.43. The van der Waals surface area contributed by atoms with Gasteiger partial charge < -0.3 is 9.64 Å². The van der Waals surface area contributed by atoms with Gasteiger partial charge in [-0.25, -0.2) is 4.90 Å². The number of carbonyl (C=O) groups excluding carboxylic acids is 3. The molecule has 1 atom stereocenters. The molecule has 0 aliphatic carbocycles. The topological polar surface area (TPSA) is 66.9 Å². The van der Waals surface area contributed by atoms with Crippen LogP contribution in [0, 0.1) is 0 Å². The lowest BCUT2D eigenvalue weighted by molar-refractivity contribution is -0.136. The van der Waals surface area contributed by atoms with E-state index < -0.39 is 6.04 Å². The van der Waals surface area contributed by atoms with Crippen LogP contribution in [0.15, 0.2) is 54.6 Å². The summed E-state index contributed by atoms with van der Waals surface area (Å²) >= 11 is 0. The van der Waals surface area contributed by atoms with Crippen molar-refractivity contribution < 1.29 is 19.1 Å². The Balaban J connectivity index is 1.73. The summed E-state index contributed by atoms with van der Waals surface area (Å²) in [4.78, 5) is 40.1. The van der Waals surface area contributed by atoms with Crippen LogP contribution in [0.1, 0.15) is 18.9 Å². The minimum atomic E-state index is -0.756. The number of imide groups is 1. The van der Waals surface area contributed by atoms with Crippen molar-refractivity contribution in [2.75, 3.05) is 18.6 Å². The van der Waals surface area contributed by atoms with Crippen molar-refractivity contribution in [3.8, 4) is 5.75 Å². The maximum atomic E-state index is 12.9. The van der Waals surface area contributed by atoms with E-state index in [-0.39, 0.29) is 24.1 Å². The van der Waals surface area contributed by atoms with Gasteiger partial charge in [-0.15, -0.1) is 0 Å². The first-order chi connectivity index (χ1) is 13.0. The molecule has 1 aliphatic heterocycles. The predicted molar refractivity (Wildman–Crippen MR) is 101 cm³/mol. The molecular formula is C21H22N2O4. The maximum absolute atomic E-state index is 12.9. The fraction of sp³-hybridized carbons (Fsp3) is 0.286. The average molecular weight is 366 g/mol. The molecule has 6 nitrogen and oxygen atoms in total. The molecule has 0 bridgehead atoms. The standard InChI is InChI=1S/C21H22N2O4/c1-15(24)22(13-12-16-8-10-18(27-2)11-9-16)19-14-20(25)23(21(19)26)17-6-4-3-5-7-17/h3-11,19H,12-14H2,1-2H3. The molecule has 27 heavy (non-hydrogen) atoms. The van der Waals surface area contributed by atoms with E-state index >= 15 is 0 Å². The fourth-order valence-corrected chi connectivity index (χ4v) is 3.28. The highest BCUT2D eigenvalue weighted by atomic mass is 16.5. The second-order valence-corrected chi connectivity index (χ2v) is 6.43. The molecule has 1 heterocycles. The van der Waals surface area contributed by atoms with Crippen LogP contribution in [0.3, 0.4) is 0 Å². The van der Waals surface area contributed by atoms with Crippen LogP contribution in [0.2, 0.25) is 0 Å². The van der Waals surface area contributed by atoms with Crippen molar-refractivity contribution in [1.82, 2.24) is 4.90 Å². The first-order valence-electron chi connectivity index (χ1n) is 8.83. The third kappa shape index (κ3) is 4.00. The number of hydrogen-bond acceptors (Lipinski definition) is 4. The molecule has 1 fully saturated rings. The van der Waals surface area contributed by atoms with Gasteiger partial charge >= 0.3 is 0 Å². The summed E-state index contributed by atoms with van der Waals surface area (Å²) in [6, 6.07) is 15.6. The van der Waals surface area contributed by atoms with Gasteiger partial charge in [0.25, 0.3) is 5.91 Å². The van der Waals surface area contributed by atoms with Crippen molar-refractivity contribution in [2.24, 2.45) is 0 Å². The Kier molecular flexibility index (Phi) is 5.54. The first kappa shape index (κ1) is 18.6. The molecular weight excluding hydrogens is 344 g/mol. The summed E-state index contributed by atoms with van der Waals surface area (Å²) in [6.07, 6.45) is 0.600. The molecule has 0 aromatic heterocycles. The highest BCUT2D eigenvalue weighted by Crippen LogP contribution is 2.26. The molecule has 0 spiro atoms. The zero-order valence-corrected chi connectivity index (χ0v) is 15.4. The smallest absolute Gasteiger partial charge is 0.257 e. The van der Waals surface area contributed by atoms with Gasteiger partial charge in [-0.2, -0.15) is 0 Å². The van der Waals surface area contributed by atoms with Gasteiger partial charge in [-0.3, -0.25) is 14.4 Å². The number of anilines is 1. The predicted octanol–water partition coefficient (Wildman–Crippen LogP) is 2.42. The van der Waals surface area contributed by atoms with Crippen LogP contribution in [0.4, 0.5) is 5.69 Å². The zero-order valence-electron chi connectivity index (χ0n) is 15.4. The number of rotatable bonds is 6. The van der Waals surface area contributed by atoms with E-state index in [9.17, 15) is 14.4 Å². The van der Waals surface area contributed by atoms with E-state index in [1.54, 1.807) is 31.4 Å². The largest absolute Gasteiger partial charge is 0.497 e. The third-order valence-corrected chi connectivity index (χ3v) is 4.72. The van der Waals surface area contributed by atoms with E-state index in [1.165, 1.54) is 16.7 Å². The van der Waals surface area contributed by atoms with Gasteiger partial charge in [0.2, 0.25) is 11.8 Å². The molecule has 3 amide bonds. The zero-order chi connectivity index (χ0) is 19.4. The summed E-state index contributed by atoms with van der Waals surface area (Å²) in [6.45, 7) is 1.80. The summed E-state index contributed by atoms with van der Waals surface area (Å²) in [5.74, 6) is -0.0927. The van der Waals surface area contributed by atoms with Gasteiger partial charge in [-0.1, -0.05) is 30.3 Å². The van der Waals surface area contributed by atoms with Crippen molar-refractivity contribution in [3.05, 3.63) is 60.2 Å². The minimum absolute atomic E-state index is 0.00984. The van der Waals surface area contributed by atoms with E-state index in [0.29, 0.717) is 18.7 Å². The van der Waals surface area contributed by atoms with Crippen molar-refractivity contribution in [1.29, 1.82) is 0 Å². The summed E-state index contributed by atoms with van der Waals surface area (Å²) < 4.78 is 5.14. The molecule has 2 aromatic rings. The van der Waals surface area contributed by atoms with Crippen molar-refractivity contribution in [3.63, 3.8) is 0 Å². The quantitative estimate of drug-likeness (QED) is 0.737. The number of para-hydroxylation sites is 1. The second-order valence-electron chi connectivity index (χ2n) is 6.43. The molecule has 1 aliphatic rings. The van der Waals surface area contributed by atoms with Gasteiger partial charge in [0.05, 0.1) is 19.2 Å². The first-order valence-corrected chi connectivity index (χ1v) is 8.83. The Morgan fingerprint density at radius 3 is 2.37 bits per heavy atom. The highest BCUT2D eigenvalue weighted by molar-refractivity contribution is 6.22. The third-order valence-electron chi connectivity index (χ3n) is 4.72. The molecule has 0 N–H and O–H groups in total. The summed E-state index contributed by atoms with van der Waals surface area (Å²) in [5, 5.41) is 0. The summed E-state index contributed by atoms with van der Waals surface area (Å²) in [7, 11) is 1.60. The van der Waals surface area contributed by atoms with Crippen LogP contribution >= 0.6 is 0 Å². The molecule has 3 rings (SSSR count). The van der Waals surface area contributed by atoms with Crippen molar-refractivity contribution >= 4 is 23.4 Å². The SMILES string of the molecule is COc1ccc(CCN(C(C)=O)C2CC(=O)N(c3ccccc3)C2=O)cc1. The molecule has 1 unspecified atom stereocenters. The van der Waals surface area contributed by atoms with Crippen LogP contribution in [0.25, 0.3) is 0 Å². The van der Waals surface area contributed by atoms with Crippen LogP contribution in [-0.2, 0) is 20.8 Å². The Hall–Kier alpha value is -3.15. The molecule has 2 aromatic carbocycles. The van der Waals surface area contributed by atoms with E-state index in [0.717, 1.165) is 11.3 Å². The van der Waals surface area contributed by atoms with Gasteiger partial charge in [0, 0.05) is 13.5 Å². The number of amides is 3. The molecule has 1 saturated heterocycles. The average Bonchev–Trinajstić information content (AvgIpc) is 2.97. The normalized spacial score (nSPS) is 16.5. The Labute approximate surface area is 158 Å². The van der Waals surface area contributed by atoms with Crippen LogP contribution < -0.4 is 9.64 Å². The van der Waals surface area contributed by atoms with E-state index in [1.807, 2.05) is 30.3 Å². The van der Waals surface area contributed by atoms with Crippen LogP contribution in [0.5, 0.6) is 5.75 Å². The van der Waals surface area contributed by atoms with E-state index in [2.05, 4.69) is 0 Å². The van der Waals surface area contributed by atoms with E-state index in [4.69, 9.17) is 4.74 Å². The fourth-order valence-electron chi connectivity index (χ4n) is 3.28. The number of methoxy groups -OCH3 is 1. The summed E-state index contributed by atoms with van der Waals surface area (Å²) in [5.41, 5.74) is 1.56. The minimum Gasteiger partial charge on any atom is -0.497 e. The number of benzene rings is 2. The Bertz CT molecular complexity index is 833. The number of carbonyl (C=O) groups is 3. The maximum Gasteiger partial charge on any atom is 0.257 e. The molecule has 0 saturated carbocycles.